The van der Waals surface area contributed by atoms with Crippen molar-refractivity contribution in [3.8, 4) is 28.3 Å². The van der Waals surface area contributed by atoms with Crippen LogP contribution in [-0.2, 0) is 7.05 Å². The van der Waals surface area contributed by atoms with E-state index in [4.69, 9.17) is 11.6 Å². The van der Waals surface area contributed by atoms with Crippen molar-refractivity contribution in [3.63, 3.8) is 0 Å². The van der Waals surface area contributed by atoms with Gasteiger partial charge in [-0.1, -0.05) is 35.9 Å². The zero-order valence-electron chi connectivity index (χ0n) is 10.9. The molecule has 0 spiro atoms. The maximum absolute atomic E-state index is 9.91. The lowest BCUT2D eigenvalue weighted by atomic mass is 10.1. The number of aromatic hydroxyl groups is 1. The fourth-order valence-electron chi connectivity index (χ4n) is 2.21. The first-order valence-corrected chi connectivity index (χ1v) is 6.61. The van der Waals surface area contributed by atoms with E-state index in [1.807, 2.05) is 49.5 Å². The Labute approximate surface area is 122 Å². The molecule has 0 aliphatic heterocycles. The normalized spacial score (nSPS) is 10.7. The second-order valence-electron chi connectivity index (χ2n) is 4.57. The molecule has 20 heavy (non-hydrogen) atoms. The van der Waals surface area contributed by atoms with Crippen LogP contribution in [-0.4, -0.2) is 14.9 Å². The highest BCUT2D eigenvalue weighted by Gasteiger charge is 2.11. The van der Waals surface area contributed by atoms with E-state index in [1.54, 1.807) is 16.8 Å². The maximum atomic E-state index is 9.91. The van der Waals surface area contributed by atoms with Crippen LogP contribution in [0.2, 0.25) is 5.02 Å². The molecule has 0 fully saturated rings. The van der Waals surface area contributed by atoms with Crippen LogP contribution in [0.1, 0.15) is 0 Å². The average molecular weight is 285 g/mol. The van der Waals surface area contributed by atoms with Gasteiger partial charge in [0.05, 0.1) is 11.4 Å². The Morgan fingerprint density at radius 3 is 2.60 bits per heavy atom. The first-order valence-electron chi connectivity index (χ1n) is 6.23. The lowest BCUT2D eigenvalue weighted by Crippen LogP contribution is -1.93. The maximum Gasteiger partial charge on any atom is 0.125 e. The third kappa shape index (κ3) is 2.28. The van der Waals surface area contributed by atoms with E-state index in [0.717, 1.165) is 22.5 Å². The summed E-state index contributed by atoms with van der Waals surface area (Å²) in [6.45, 7) is 0. The van der Waals surface area contributed by atoms with Crippen molar-refractivity contribution in [1.29, 1.82) is 0 Å². The molecule has 0 saturated carbocycles. The van der Waals surface area contributed by atoms with Crippen LogP contribution < -0.4 is 0 Å². The largest absolute Gasteiger partial charge is 0.507 e. The van der Waals surface area contributed by atoms with E-state index < -0.39 is 0 Å². The van der Waals surface area contributed by atoms with Crippen LogP contribution >= 0.6 is 11.6 Å². The number of aromatic nitrogens is 2. The monoisotopic (exact) mass is 284 g/mol. The summed E-state index contributed by atoms with van der Waals surface area (Å²) < 4.78 is 1.79. The fraction of sp³-hybridized carbons (Fsp3) is 0.0625. The molecule has 0 unspecified atom stereocenters. The minimum atomic E-state index is 0.225. The van der Waals surface area contributed by atoms with Crippen molar-refractivity contribution in [2.24, 2.45) is 7.05 Å². The van der Waals surface area contributed by atoms with Gasteiger partial charge in [0.15, 0.2) is 0 Å². The summed E-state index contributed by atoms with van der Waals surface area (Å²) in [6, 6.07) is 16.7. The highest BCUT2D eigenvalue weighted by atomic mass is 35.5. The number of hydrogen-bond donors (Lipinski definition) is 1. The summed E-state index contributed by atoms with van der Waals surface area (Å²) in [5.41, 5.74) is 3.40. The van der Waals surface area contributed by atoms with Gasteiger partial charge in [-0.05, 0) is 30.3 Å². The molecular weight excluding hydrogens is 272 g/mol. The van der Waals surface area contributed by atoms with Crippen LogP contribution in [0.4, 0.5) is 0 Å². The third-order valence-corrected chi connectivity index (χ3v) is 3.42. The topological polar surface area (TPSA) is 38.0 Å². The molecule has 0 radical (unpaired) electrons. The lowest BCUT2D eigenvalue weighted by molar-refractivity contribution is 0.477. The molecule has 3 rings (SSSR count). The zero-order chi connectivity index (χ0) is 14.1. The molecule has 0 saturated heterocycles. The number of phenols is 1. The SMILES string of the molecule is Cn1nc(-c2ccccc2O)cc1-c1cccc(Cl)c1. The molecule has 1 aromatic heterocycles. The molecule has 1 heterocycles. The second kappa shape index (κ2) is 5.02. The molecule has 1 N–H and O–H groups in total. The Balaban J connectivity index is 2.10. The Morgan fingerprint density at radius 1 is 1.05 bits per heavy atom. The van der Waals surface area contributed by atoms with Crippen molar-refractivity contribution in [2.45, 2.75) is 0 Å². The third-order valence-electron chi connectivity index (χ3n) is 3.18. The zero-order valence-corrected chi connectivity index (χ0v) is 11.7. The van der Waals surface area contributed by atoms with Gasteiger partial charge < -0.3 is 5.11 Å². The molecule has 0 atom stereocenters. The van der Waals surface area contributed by atoms with E-state index >= 15 is 0 Å². The van der Waals surface area contributed by atoms with Crippen molar-refractivity contribution < 1.29 is 5.11 Å². The molecule has 0 bridgehead atoms. The lowest BCUT2D eigenvalue weighted by Gasteiger charge is -2.01. The predicted octanol–water partition coefficient (Wildman–Crippen LogP) is 4.11. The summed E-state index contributed by atoms with van der Waals surface area (Å²) >= 11 is 6.03. The van der Waals surface area contributed by atoms with Crippen molar-refractivity contribution >= 4 is 11.6 Å². The van der Waals surface area contributed by atoms with E-state index in [9.17, 15) is 5.11 Å². The van der Waals surface area contributed by atoms with Crippen molar-refractivity contribution in [1.82, 2.24) is 9.78 Å². The molecule has 0 aliphatic rings. The molecule has 3 aromatic rings. The van der Waals surface area contributed by atoms with Crippen LogP contribution in [0, 0.1) is 0 Å². The van der Waals surface area contributed by atoms with Crippen molar-refractivity contribution in [2.75, 3.05) is 0 Å². The molecular formula is C16H13ClN2O. The number of benzene rings is 2. The number of aryl methyl sites for hydroxylation is 1. The average Bonchev–Trinajstić information content (AvgIpc) is 2.81. The summed E-state index contributed by atoms with van der Waals surface area (Å²) in [4.78, 5) is 0. The number of nitrogens with zero attached hydrogens (tertiary/aromatic N) is 2. The van der Waals surface area contributed by atoms with Crippen LogP contribution in [0.25, 0.3) is 22.5 Å². The summed E-state index contributed by atoms with van der Waals surface area (Å²) in [7, 11) is 1.87. The minimum absolute atomic E-state index is 0.225. The number of para-hydroxylation sites is 1. The Hall–Kier alpha value is -2.26. The molecule has 4 heteroatoms. The minimum Gasteiger partial charge on any atom is -0.507 e. The summed E-state index contributed by atoms with van der Waals surface area (Å²) in [5.74, 6) is 0.225. The van der Waals surface area contributed by atoms with E-state index in [1.165, 1.54) is 0 Å². The fourth-order valence-corrected chi connectivity index (χ4v) is 2.40. The summed E-state index contributed by atoms with van der Waals surface area (Å²) in [6.07, 6.45) is 0. The molecule has 0 aliphatic carbocycles. The van der Waals surface area contributed by atoms with E-state index in [2.05, 4.69) is 5.10 Å². The standard InChI is InChI=1S/C16H13ClN2O/c1-19-15(11-5-4-6-12(17)9-11)10-14(18-19)13-7-2-3-8-16(13)20/h2-10,20H,1H3. The van der Waals surface area contributed by atoms with E-state index in [0.29, 0.717) is 5.02 Å². The van der Waals surface area contributed by atoms with Gasteiger partial charge in [-0.3, -0.25) is 4.68 Å². The van der Waals surface area contributed by atoms with Gasteiger partial charge in [-0.25, -0.2) is 0 Å². The van der Waals surface area contributed by atoms with Crippen LogP contribution in [0.5, 0.6) is 5.75 Å². The number of halogens is 1. The molecule has 3 nitrogen and oxygen atoms in total. The summed E-state index contributed by atoms with van der Waals surface area (Å²) in [5, 5.41) is 15.1. The molecule has 0 amide bonds. The first kappa shape index (κ1) is 12.8. The molecule has 2 aromatic carbocycles. The van der Waals surface area contributed by atoms with Crippen molar-refractivity contribution in [3.05, 3.63) is 59.6 Å². The smallest absolute Gasteiger partial charge is 0.125 e. The number of hydrogen-bond acceptors (Lipinski definition) is 2. The highest BCUT2D eigenvalue weighted by Crippen LogP contribution is 2.31. The van der Waals surface area contributed by atoms with E-state index in [-0.39, 0.29) is 5.75 Å². The van der Waals surface area contributed by atoms with Gasteiger partial charge in [0.25, 0.3) is 0 Å². The number of phenolic OH excluding ortho intramolecular Hbond substituents is 1. The first-order chi connectivity index (χ1) is 9.65. The second-order valence-corrected chi connectivity index (χ2v) is 5.00. The van der Waals surface area contributed by atoms with Gasteiger partial charge in [-0.2, -0.15) is 5.10 Å². The quantitative estimate of drug-likeness (QED) is 0.769. The Kier molecular flexibility index (Phi) is 3.20. The predicted molar refractivity (Wildman–Crippen MR) is 80.8 cm³/mol. The van der Waals surface area contributed by atoms with Gasteiger partial charge >= 0.3 is 0 Å². The van der Waals surface area contributed by atoms with Crippen LogP contribution in [0.3, 0.4) is 0 Å². The number of rotatable bonds is 2. The van der Waals surface area contributed by atoms with Gasteiger partial charge in [-0.15, -0.1) is 0 Å². The van der Waals surface area contributed by atoms with Gasteiger partial charge in [0, 0.05) is 23.2 Å². The van der Waals surface area contributed by atoms with Gasteiger partial charge in [0.2, 0.25) is 0 Å². The highest BCUT2D eigenvalue weighted by molar-refractivity contribution is 6.30. The Morgan fingerprint density at radius 2 is 1.85 bits per heavy atom. The van der Waals surface area contributed by atoms with Crippen LogP contribution in [0.15, 0.2) is 54.6 Å². The molecule has 100 valence electrons. The Bertz CT molecular complexity index is 765. The van der Waals surface area contributed by atoms with Gasteiger partial charge in [0.1, 0.15) is 5.75 Å².